The molecule has 0 radical (unpaired) electrons. The van der Waals surface area contributed by atoms with Crippen LogP contribution in [0.2, 0.25) is 0 Å². The Hall–Kier alpha value is -1.67. The van der Waals surface area contributed by atoms with Crippen LogP contribution in [0.1, 0.15) is 18.5 Å². The van der Waals surface area contributed by atoms with Crippen molar-refractivity contribution >= 4 is 11.0 Å². The summed E-state index contributed by atoms with van der Waals surface area (Å²) >= 11 is 0. The fraction of sp³-hybridized carbons (Fsp3) is 0.412. The molecule has 1 aromatic heterocycles. The minimum absolute atomic E-state index is 0.208. The van der Waals surface area contributed by atoms with E-state index >= 15 is 0 Å². The Morgan fingerprint density at radius 3 is 2.62 bits per heavy atom. The molecule has 2 unspecified atom stereocenters. The van der Waals surface area contributed by atoms with E-state index in [2.05, 4.69) is 28.3 Å². The van der Waals surface area contributed by atoms with E-state index in [4.69, 9.17) is 4.74 Å². The summed E-state index contributed by atoms with van der Waals surface area (Å²) in [6, 6.07) is 6.27. The van der Waals surface area contributed by atoms with Gasteiger partial charge in [-0.15, -0.1) is 0 Å². The van der Waals surface area contributed by atoms with Crippen LogP contribution < -0.4 is 5.32 Å². The van der Waals surface area contributed by atoms with Crippen molar-refractivity contribution in [3.63, 3.8) is 0 Å². The molecule has 1 aliphatic rings. The molecule has 2 heterocycles. The van der Waals surface area contributed by atoms with Crippen molar-refractivity contribution in [3.8, 4) is 11.1 Å². The van der Waals surface area contributed by atoms with Gasteiger partial charge in [0.05, 0.1) is 18.1 Å². The highest BCUT2D eigenvalue weighted by atomic mass is 32.2. The zero-order chi connectivity index (χ0) is 16.9. The van der Waals surface area contributed by atoms with Crippen LogP contribution >= 0.6 is 0 Å². The second-order valence-electron chi connectivity index (χ2n) is 5.68. The number of morpholine rings is 1. The molecule has 1 N–H and O–H groups in total. The Morgan fingerprint density at radius 1 is 1.25 bits per heavy atom. The number of rotatable bonds is 5. The van der Waals surface area contributed by atoms with Gasteiger partial charge in [0.2, 0.25) is 0 Å². The van der Waals surface area contributed by atoms with E-state index < -0.39 is 11.0 Å². The van der Waals surface area contributed by atoms with Crippen molar-refractivity contribution in [1.82, 2.24) is 19.6 Å². The van der Waals surface area contributed by atoms with Crippen LogP contribution in [0, 0.1) is 0 Å². The molecular weight excluding hydrogens is 324 g/mol. The van der Waals surface area contributed by atoms with Crippen LogP contribution in [0.4, 0.5) is 0 Å². The lowest BCUT2D eigenvalue weighted by Crippen LogP contribution is -2.37. The number of hydrogen-bond donors (Lipinski definition) is 1. The summed E-state index contributed by atoms with van der Waals surface area (Å²) in [6.07, 6.45) is 5.02. The van der Waals surface area contributed by atoms with Crippen molar-refractivity contribution in [3.05, 3.63) is 42.5 Å². The first-order chi connectivity index (χ1) is 11.7. The van der Waals surface area contributed by atoms with Gasteiger partial charge in [-0.25, -0.2) is 18.5 Å². The normalized spacial score (nSPS) is 18.2. The van der Waals surface area contributed by atoms with Crippen LogP contribution in [-0.2, 0) is 15.7 Å². The number of ether oxygens (including phenoxy) is 1. The Labute approximate surface area is 144 Å². The first-order valence-electron chi connectivity index (χ1n) is 8.02. The summed E-state index contributed by atoms with van der Waals surface area (Å²) in [7, 11) is 0.698. The lowest BCUT2D eigenvalue weighted by atomic mass is 10.0. The van der Waals surface area contributed by atoms with Crippen molar-refractivity contribution < 1.29 is 8.95 Å². The van der Waals surface area contributed by atoms with E-state index in [9.17, 15) is 4.21 Å². The zero-order valence-electron chi connectivity index (χ0n) is 13.9. The van der Waals surface area contributed by atoms with Gasteiger partial charge in [-0.2, -0.15) is 0 Å². The second-order valence-corrected chi connectivity index (χ2v) is 7.14. The average Bonchev–Trinajstić information content (AvgIpc) is 2.67. The first-order valence-corrected chi connectivity index (χ1v) is 9.12. The molecule has 128 valence electrons. The summed E-state index contributed by atoms with van der Waals surface area (Å²) in [5.74, 6) is 0. The number of hydrogen-bond acceptors (Lipinski definition) is 5. The second kappa shape index (κ2) is 7.94. The molecule has 3 rings (SSSR count). The van der Waals surface area contributed by atoms with Crippen LogP contribution in [-0.4, -0.2) is 51.8 Å². The van der Waals surface area contributed by atoms with E-state index in [1.165, 1.54) is 6.33 Å². The molecule has 0 amide bonds. The molecule has 2 aromatic rings. The molecule has 0 aliphatic carbocycles. The van der Waals surface area contributed by atoms with Gasteiger partial charge in [0.15, 0.2) is 0 Å². The third-order valence-corrected chi connectivity index (χ3v) is 5.77. The van der Waals surface area contributed by atoms with Crippen LogP contribution in [0.15, 0.2) is 41.8 Å². The molecule has 0 bridgehead atoms. The van der Waals surface area contributed by atoms with Crippen molar-refractivity contribution in [2.24, 2.45) is 0 Å². The molecule has 1 saturated heterocycles. The number of aromatic nitrogens is 2. The molecule has 24 heavy (non-hydrogen) atoms. The Balaban J connectivity index is 2.02. The highest BCUT2D eigenvalue weighted by Gasteiger charge is 2.22. The van der Waals surface area contributed by atoms with Gasteiger partial charge in [0.1, 0.15) is 17.3 Å². The highest BCUT2D eigenvalue weighted by Crippen LogP contribution is 2.30. The van der Waals surface area contributed by atoms with Crippen LogP contribution in [0.25, 0.3) is 11.1 Å². The SMILES string of the molecule is CNC(C)c1ccc(S(=O)N2CCOCC2)c(-c2cncnc2)c1. The van der Waals surface area contributed by atoms with E-state index in [1.807, 2.05) is 23.5 Å². The Bertz CT molecular complexity index is 705. The van der Waals surface area contributed by atoms with Crippen molar-refractivity contribution in [2.45, 2.75) is 17.9 Å². The molecule has 0 saturated carbocycles. The van der Waals surface area contributed by atoms with Crippen molar-refractivity contribution in [2.75, 3.05) is 33.4 Å². The predicted molar refractivity (Wildman–Crippen MR) is 93.7 cm³/mol. The lowest BCUT2D eigenvalue weighted by molar-refractivity contribution is 0.0752. The van der Waals surface area contributed by atoms with Gasteiger partial charge in [-0.05, 0) is 31.7 Å². The average molecular weight is 346 g/mol. The Kier molecular flexibility index (Phi) is 5.68. The number of benzene rings is 1. The summed E-state index contributed by atoms with van der Waals surface area (Å²) in [5, 5.41) is 3.24. The van der Waals surface area contributed by atoms with Gasteiger partial charge < -0.3 is 10.1 Å². The monoisotopic (exact) mass is 346 g/mol. The van der Waals surface area contributed by atoms with E-state index in [-0.39, 0.29) is 6.04 Å². The van der Waals surface area contributed by atoms with E-state index in [1.54, 1.807) is 12.4 Å². The van der Waals surface area contributed by atoms with Crippen LogP contribution in [0.3, 0.4) is 0 Å². The maximum Gasteiger partial charge on any atom is 0.128 e. The summed E-state index contributed by atoms with van der Waals surface area (Å²) in [5.41, 5.74) is 2.93. The molecule has 2 atom stereocenters. The third kappa shape index (κ3) is 3.70. The molecule has 6 nitrogen and oxygen atoms in total. The molecule has 1 fully saturated rings. The Morgan fingerprint density at radius 2 is 1.96 bits per heavy atom. The molecular formula is C17H22N4O2S. The largest absolute Gasteiger partial charge is 0.379 e. The minimum Gasteiger partial charge on any atom is -0.379 e. The molecule has 1 aliphatic heterocycles. The fourth-order valence-electron chi connectivity index (χ4n) is 2.65. The molecule has 1 aromatic carbocycles. The fourth-order valence-corrected chi connectivity index (χ4v) is 3.96. The standard InChI is InChI=1S/C17H22N4O2S/c1-13(18-2)14-3-4-17(24(22)21-5-7-23-8-6-21)16(9-14)15-10-19-12-20-11-15/h3-4,9-13,18H,5-8H2,1-2H3. The summed E-state index contributed by atoms with van der Waals surface area (Å²) in [6.45, 7) is 4.67. The summed E-state index contributed by atoms with van der Waals surface area (Å²) < 4.78 is 20.4. The van der Waals surface area contributed by atoms with Gasteiger partial charge in [0.25, 0.3) is 0 Å². The smallest absolute Gasteiger partial charge is 0.128 e. The van der Waals surface area contributed by atoms with Gasteiger partial charge in [-0.3, -0.25) is 0 Å². The number of nitrogens with zero attached hydrogens (tertiary/aromatic N) is 3. The van der Waals surface area contributed by atoms with E-state index in [0.29, 0.717) is 26.3 Å². The lowest BCUT2D eigenvalue weighted by Gasteiger charge is -2.26. The topological polar surface area (TPSA) is 67.4 Å². The van der Waals surface area contributed by atoms with E-state index in [0.717, 1.165) is 21.6 Å². The first kappa shape index (κ1) is 17.2. The van der Waals surface area contributed by atoms with Gasteiger partial charge in [0, 0.05) is 42.7 Å². The predicted octanol–water partition coefficient (Wildman–Crippen LogP) is 1.78. The quantitative estimate of drug-likeness (QED) is 0.894. The maximum absolute atomic E-state index is 13.1. The zero-order valence-corrected chi connectivity index (χ0v) is 14.8. The molecule has 7 heteroatoms. The van der Waals surface area contributed by atoms with Crippen LogP contribution in [0.5, 0.6) is 0 Å². The third-order valence-electron chi connectivity index (χ3n) is 4.20. The molecule has 0 spiro atoms. The maximum atomic E-state index is 13.1. The number of nitrogens with one attached hydrogen (secondary N) is 1. The minimum atomic E-state index is -1.23. The summed E-state index contributed by atoms with van der Waals surface area (Å²) in [4.78, 5) is 9.01. The van der Waals surface area contributed by atoms with Gasteiger partial charge in [-0.1, -0.05) is 6.07 Å². The van der Waals surface area contributed by atoms with Gasteiger partial charge >= 0.3 is 0 Å². The van der Waals surface area contributed by atoms with Crippen molar-refractivity contribution in [1.29, 1.82) is 0 Å². The highest BCUT2D eigenvalue weighted by molar-refractivity contribution is 7.82.